The molecule has 0 bridgehead atoms. The summed E-state index contributed by atoms with van der Waals surface area (Å²) in [5, 5.41) is 5.85. The van der Waals surface area contributed by atoms with Crippen molar-refractivity contribution in [3.63, 3.8) is 0 Å². The van der Waals surface area contributed by atoms with Crippen LogP contribution in [0.1, 0.15) is 52.9 Å². The molecule has 0 radical (unpaired) electrons. The van der Waals surface area contributed by atoms with E-state index in [1.807, 2.05) is 6.92 Å². The van der Waals surface area contributed by atoms with Crippen LogP contribution in [0.15, 0.2) is 0 Å². The van der Waals surface area contributed by atoms with Crippen molar-refractivity contribution in [1.29, 1.82) is 0 Å². The van der Waals surface area contributed by atoms with E-state index in [2.05, 4.69) is 24.5 Å². The number of rotatable bonds is 6. The van der Waals surface area contributed by atoms with Crippen LogP contribution in [-0.2, 0) is 14.3 Å². The standard InChI is InChI=1S/C15H26N2O3/c1-4-15(5-2)11(9-12(15)20-6-3)17-14(19)10-7-8-13(18)16-10/h10-12H,4-9H2,1-3H3,(H,16,18)(H,17,19)/t10-,11+,12+/m1/s1. The van der Waals surface area contributed by atoms with Gasteiger partial charge in [-0.05, 0) is 32.6 Å². The second-order valence-corrected chi connectivity index (χ2v) is 5.84. The number of hydrogen-bond donors (Lipinski definition) is 2. The summed E-state index contributed by atoms with van der Waals surface area (Å²) < 4.78 is 5.81. The largest absolute Gasteiger partial charge is 0.378 e. The lowest BCUT2D eigenvalue weighted by Crippen LogP contribution is -2.65. The number of carbonyl (C=O) groups excluding carboxylic acids is 2. The molecule has 5 heteroatoms. The van der Waals surface area contributed by atoms with E-state index in [1.165, 1.54) is 0 Å². The van der Waals surface area contributed by atoms with Gasteiger partial charge in [-0.15, -0.1) is 0 Å². The van der Waals surface area contributed by atoms with Gasteiger partial charge in [0.2, 0.25) is 11.8 Å². The molecule has 0 aromatic carbocycles. The van der Waals surface area contributed by atoms with Crippen molar-refractivity contribution in [1.82, 2.24) is 10.6 Å². The van der Waals surface area contributed by atoms with Crippen LogP contribution in [0.4, 0.5) is 0 Å². The molecule has 114 valence electrons. The van der Waals surface area contributed by atoms with E-state index in [0.29, 0.717) is 19.4 Å². The number of ether oxygens (including phenoxy) is 1. The first-order chi connectivity index (χ1) is 9.57. The smallest absolute Gasteiger partial charge is 0.242 e. The minimum atomic E-state index is -0.347. The number of carbonyl (C=O) groups is 2. The van der Waals surface area contributed by atoms with Gasteiger partial charge in [0.05, 0.1) is 6.10 Å². The van der Waals surface area contributed by atoms with Gasteiger partial charge in [-0.3, -0.25) is 9.59 Å². The van der Waals surface area contributed by atoms with Crippen LogP contribution in [-0.4, -0.2) is 36.6 Å². The Morgan fingerprint density at radius 3 is 2.60 bits per heavy atom. The molecule has 1 saturated carbocycles. The lowest BCUT2D eigenvalue weighted by Gasteiger charge is -2.55. The number of amides is 2. The molecule has 2 rings (SSSR count). The summed E-state index contributed by atoms with van der Waals surface area (Å²) in [6.07, 6.45) is 4.17. The molecule has 2 N–H and O–H groups in total. The first kappa shape index (κ1) is 15.3. The van der Waals surface area contributed by atoms with Crippen LogP contribution >= 0.6 is 0 Å². The van der Waals surface area contributed by atoms with E-state index in [4.69, 9.17) is 4.74 Å². The Hall–Kier alpha value is -1.10. The summed E-state index contributed by atoms with van der Waals surface area (Å²) in [5.74, 6) is -0.0646. The van der Waals surface area contributed by atoms with Crippen LogP contribution in [0.3, 0.4) is 0 Å². The summed E-state index contributed by atoms with van der Waals surface area (Å²) in [5.41, 5.74) is 0.0499. The van der Waals surface area contributed by atoms with Crippen molar-refractivity contribution >= 4 is 11.8 Å². The van der Waals surface area contributed by atoms with Gasteiger partial charge in [-0.25, -0.2) is 0 Å². The van der Waals surface area contributed by atoms with Crippen molar-refractivity contribution in [2.45, 2.75) is 71.1 Å². The fraction of sp³-hybridized carbons (Fsp3) is 0.867. The predicted molar refractivity (Wildman–Crippen MR) is 76.1 cm³/mol. The molecule has 0 aromatic rings. The maximum atomic E-state index is 12.2. The normalized spacial score (nSPS) is 31.6. The van der Waals surface area contributed by atoms with Gasteiger partial charge in [-0.2, -0.15) is 0 Å². The van der Waals surface area contributed by atoms with Gasteiger partial charge in [0.25, 0.3) is 0 Å². The second-order valence-electron chi connectivity index (χ2n) is 5.84. The first-order valence-corrected chi connectivity index (χ1v) is 7.78. The first-order valence-electron chi connectivity index (χ1n) is 7.78. The van der Waals surface area contributed by atoms with Crippen molar-refractivity contribution in [3.05, 3.63) is 0 Å². The van der Waals surface area contributed by atoms with Gasteiger partial charge >= 0.3 is 0 Å². The third-order valence-corrected chi connectivity index (χ3v) is 5.10. The Kier molecular flexibility index (Phi) is 4.68. The van der Waals surface area contributed by atoms with Crippen molar-refractivity contribution in [2.24, 2.45) is 5.41 Å². The average molecular weight is 282 g/mol. The van der Waals surface area contributed by atoms with Gasteiger partial charge < -0.3 is 15.4 Å². The molecule has 0 unspecified atom stereocenters. The number of nitrogens with one attached hydrogen (secondary N) is 2. The summed E-state index contributed by atoms with van der Waals surface area (Å²) in [7, 11) is 0. The molecule has 2 fully saturated rings. The monoisotopic (exact) mass is 282 g/mol. The van der Waals surface area contributed by atoms with Gasteiger partial charge in [-0.1, -0.05) is 13.8 Å². The minimum Gasteiger partial charge on any atom is -0.378 e. The predicted octanol–water partition coefficient (Wildman–Crippen LogP) is 1.36. The van der Waals surface area contributed by atoms with E-state index in [9.17, 15) is 9.59 Å². The molecule has 3 atom stereocenters. The molecule has 2 aliphatic rings. The maximum absolute atomic E-state index is 12.2. The van der Waals surface area contributed by atoms with Crippen molar-refractivity contribution in [2.75, 3.05) is 6.61 Å². The fourth-order valence-electron chi connectivity index (χ4n) is 3.67. The Bertz CT molecular complexity index is 379. The van der Waals surface area contributed by atoms with Gasteiger partial charge in [0, 0.05) is 24.5 Å². The summed E-state index contributed by atoms with van der Waals surface area (Å²) in [6.45, 7) is 7.04. The van der Waals surface area contributed by atoms with Crippen LogP contribution in [0, 0.1) is 5.41 Å². The van der Waals surface area contributed by atoms with E-state index < -0.39 is 0 Å². The van der Waals surface area contributed by atoms with Crippen molar-refractivity contribution < 1.29 is 14.3 Å². The highest BCUT2D eigenvalue weighted by Crippen LogP contribution is 2.48. The Morgan fingerprint density at radius 1 is 1.40 bits per heavy atom. The van der Waals surface area contributed by atoms with Gasteiger partial charge in [0.1, 0.15) is 6.04 Å². The quantitative estimate of drug-likeness (QED) is 0.773. The molecule has 0 spiro atoms. The van der Waals surface area contributed by atoms with Gasteiger partial charge in [0.15, 0.2) is 0 Å². The average Bonchev–Trinajstić information content (AvgIpc) is 2.86. The molecule has 0 aromatic heterocycles. The van der Waals surface area contributed by atoms with E-state index in [-0.39, 0.29) is 35.4 Å². The highest BCUT2D eigenvalue weighted by atomic mass is 16.5. The van der Waals surface area contributed by atoms with E-state index in [0.717, 1.165) is 19.3 Å². The zero-order chi connectivity index (χ0) is 14.8. The topological polar surface area (TPSA) is 67.4 Å². The van der Waals surface area contributed by atoms with E-state index in [1.54, 1.807) is 0 Å². The zero-order valence-electron chi connectivity index (χ0n) is 12.7. The molecule has 20 heavy (non-hydrogen) atoms. The third-order valence-electron chi connectivity index (χ3n) is 5.10. The van der Waals surface area contributed by atoms with Crippen LogP contribution < -0.4 is 10.6 Å². The molecule has 5 nitrogen and oxygen atoms in total. The Morgan fingerprint density at radius 2 is 2.10 bits per heavy atom. The zero-order valence-corrected chi connectivity index (χ0v) is 12.7. The van der Waals surface area contributed by atoms with Crippen LogP contribution in [0.5, 0.6) is 0 Å². The highest BCUT2D eigenvalue weighted by molar-refractivity contribution is 5.91. The SMILES string of the molecule is CCO[C@H]1C[C@H](NC(=O)[C@H]2CCC(=O)N2)C1(CC)CC. The molecule has 1 saturated heterocycles. The lowest BCUT2D eigenvalue weighted by atomic mass is 9.58. The molecular weight excluding hydrogens is 256 g/mol. The van der Waals surface area contributed by atoms with E-state index >= 15 is 0 Å². The number of hydrogen-bond acceptors (Lipinski definition) is 3. The molecule has 1 aliphatic heterocycles. The summed E-state index contributed by atoms with van der Waals surface area (Å²) in [4.78, 5) is 23.4. The molecular formula is C15H26N2O3. The Balaban J connectivity index is 1.95. The van der Waals surface area contributed by atoms with Crippen LogP contribution in [0.25, 0.3) is 0 Å². The fourth-order valence-corrected chi connectivity index (χ4v) is 3.67. The molecule has 1 heterocycles. The van der Waals surface area contributed by atoms with Crippen molar-refractivity contribution in [3.8, 4) is 0 Å². The molecule has 2 amide bonds. The summed E-state index contributed by atoms with van der Waals surface area (Å²) >= 11 is 0. The maximum Gasteiger partial charge on any atom is 0.242 e. The lowest BCUT2D eigenvalue weighted by molar-refractivity contribution is -0.149. The summed E-state index contributed by atoms with van der Waals surface area (Å²) in [6, 6.07) is -0.181. The highest BCUT2D eigenvalue weighted by Gasteiger charge is 2.54. The second kappa shape index (κ2) is 6.12. The molecule has 1 aliphatic carbocycles. The third kappa shape index (κ3) is 2.55. The minimum absolute atomic E-state index is 0.0248. The van der Waals surface area contributed by atoms with Crippen LogP contribution in [0.2, 0.25) is 0 Å². The Labute approximate surface area is 120 Å².